The number of nitrogens with two attached hydrogens (primary N) is 1. The summed E-state index contributed by atoms with van der Waals surface area (Å²) >= 11 is 0. The van der Waals surface area contributed by atoms with Gasteiger partial charge in [0.1, 0.15) is 0 Å². The van der Waals surface area contributed by atoms with E-state index in [1.54, 1.807) is 0 Å². The van der Waals surface area contributed by atoms with E-state index in [2.05, 4.69) is 32.7 Å². The summed E-state index contributed by atoms with van der Waals surface area (Å²) in [6.07, 6.45) is 4.56. The lowest BCUT2D eigenvalue weighted by molar-refractivity contribution is 0.215. The molecule has 4 N–H and O–H groups in total. The van der Waals surface area contributed by atoms with E-state index in [1.807, 2.05) is 0 Å². The SMILES string of the molecule is CN1CCC(CCNc2nc(NN)ncc2F)CC1. The first-order chi connectivity index (χ1) is 9.19. The maximum absolute atomic E-state index is 13.5. The van der Waals surface area contributed by atoms with E-state index in [1.165, 1.54) is 12.8 Å². The van der Waals surface area contributed by atoms with Gasteiger partial charge in [0.15, 0.2) is 11.6 Å². The number of hydrogen-bond donors (Lipinski definition) is 3. The third-order valence-corrected chi connectivity index (χ3v) is 3.56. The Kier molecular flexibility index (Phi) is 4.86. The van der Waals surface area contributed by atoms with Gasteiger partial charge in [0, 0.05) is 6.54 Å². The Bertz CT molecular complexity index is 405. The highest BCUT2D eigenvalue weighted by molar-refractivity contribution is 5.40. The van der Waals surface area contributed by atoms with E-state index in [4.69, 9.17) is 5.84 Å². The Balaban J connectivity index is 1.79. The maximum atomic E-state index is 13.5. The molecule has 2 rings (SSSR count). The standard InChI is InChI=1S/C12H21FN6/c1-19-6-3-9(4-7-19)2-5-15-11-10(13)8-16-12(17-11)18-14/h8-9H,2-7,14H2,1H3,(H2,15,16,17,18). The highest BCUT2D eigenvalue weighted by atomic mass is 19.1. The molecule has 0 spiro atoms. The first-order valence-electron chi connectivity index (χ1n) is 6.60. The van der Waals surface area contributed by atoms with Crippen molar-refractivity contribution in [2.75, 3.05) is 37.4 Å². The summed E-state index contributed by atoms with van der Waals surface area (Å²) in [5.41, 5.74) is 2.30. The van der Waals surface area contributed by atoms with Crippen LogP contribution in [0.5, 0.6) is 0 Å². The van der Waals surface area contributed by atoms with Crippen molar-refractivity contribution >= 4 is 11.8 Å². The Labute approximate surface area is 112 Å². The third kappa shape index (κ3) is 4.00. The fourth-order valence-electron chi connectivity index (χ4n) is 2.31. The monoisotopic (exact) mass is 268 g/mol. The lowest BCUT2D eigenvalue weighted by atomic mass is 9.94. The number of piperidine rings is 1. The molecule has 19 heavy (non-hydrogen) atoms. The van der Waals surface area contributed by atoms with Crippen LogP contribution in [0.15, 0.2) is 6.20 Å². The molecule has 0 aromatic carbocycles. The van der Waals surface area contributed by atoms with Crippen LogP contribution in [0.4, 0.5) is 16.2 Å². The molecular formula is C12H21FN6. The van der Waals surface area contributed by atoms with Gasteiger partial charge in [-0.3, -0.25) is 5.43 Å². The zero-order valence-corrected chi connectivity index (χ0v) is 11.2. The minimum atomic E-state index is -0.456. The van der Waals surface area contributed by atoms with Crippen LogP contribution in [0.25, 0.3) is 0 Å². The zero-order valence-electron chi connectivity index (χ0n) is 11.2. The van der Waals surface area contributed by atoms with E-state index >= 15 is 0 Å². The number of hydrogen-bond acceptors (Lipinski definition) is 6. The van der Waals surface area contributed by atoms with Crippen molar-refractivity contribution in [1.29, 1.82) is 0 Å². The highest BCUT2D eigenvalue weighted by Gasteiger charge is 2.16. The fourth-order valence-corrected chi connectivity index (χ4v) is 2.31. The van der Waals surface area contributed by atoms with Gasteiger partial charge in [-0.25, -0.2) is 15.2 Å². The predicted octanol–water partition coefficient (Wildman–Crippen LogP) is 1.05. The third-order valence-electron chi connectivity index (χ3n) is 3.56. The normalized spacial score (nSPS) is 17.4. The average molecular weight is 268 g/mol. The number of halogens is 1. The quantitative estimate of drug-likeness (QED) is 0.547. The topological polar surface area (TPSA) is 79.1 Å². The van der Waals surface area contributed by atoms with Gasteiger partial charge in [0.05, 0.1) is 6.20 Å². The second kappa shape index (κ2) is 6.63. The lowest BCUT2D eigenvalue weighted by Gasteiger charge is -2.28. The van der Waals surface area contributed by atoms with Crippen molar-refractivity contribution in [1.82, 2.24) is 14.9 Å². The number of nitrogens with one attached hydrogen (secondary N) is 2. The van der Waals surface area contributed by atoms with Gasteiger partial charge in [0.2, 0.25) is 5.95 Å². The molecule has 0 unspecified atom stereocenters. The first-order valence-corrected chi connectivity index (χ1v) is 6.60. The average Bonchev–Trinajstić information content (AvgIpc) is 2.43. The molecule has 1 aliphatic rings. The van der Waals surface area contributed by atoms with E-state index < -0.39 is 5.82 Å². The molecule has 0 amide bonds. The molecule has 1 aromatic rings. The molecule has 7 heteroatoms. The summed E-state index contributed by atoms with van der Waals surface area (Å²) in [5, 5.41) is 3.01. The Morgan fingerprint density at radius 3 is 2.89 bits per heavy atom. The molecule has 0 bridgehead atoms. The highest BCUT2D eigenvalue weighted by Crippen LogP contribution is 2.20. The molecular weight excluding hydrogens is 247 g/mol. The largest absolute Gasteiger partial charge is 0.367 e. The van der Waals surface area contributed by atoms with Crippen molar-refractivity contribution in [3.05, 3.63) is 12.0 Å². The second-order valence-corrected chi connectivity index (χ2v) is 5.00. The van der Waals surface area contributed by atoms with Crippen LogP contribution < -0.4 is 16.6 Å². The molecule has 1 saturated heterocycles. The van der Waals surface area contributed by atoms with Crippen molar-refractivity contribution in [3.63, 3.8) is 0 Å². The predicted molar refractivity (Wildman–Crippen MR) is 73.1 cm³/mol. The number of likely N-dealkylation sites (tertiary alicyclic amines) is 1. The van der Waals surface area contributed by atoms with Gasteiger partial charge >= 0.3 is 0 Å². The molecule has 0 saturated carbocycles. The Hall–Kier alpha value is -1.47. The van der Waals surface area contributed by atoms with Crippen LogP contribution in [0.3, 0.4) is 0 Å². The number of aromatic nitrogens is 2. The summed E-state index contributed by atoms with van der Waals surface area (Å²) in [6, 6.07) is 0. The van der Waals surface area contributed by atoms with Crippen molar-refractivity contribution in [2.45, 2.75) is 19.3 Å². The Morgan fingerprint density at radius 1 is 1.47 bits per heavy atom. The van der Waals surface area contributed by atoms with E-state index in [-0.39, 0.29) is 11.8 Å². The van der Waals surface area contributed by atoms with Crippen LogP contribution in [-0.2, 0) is 0 Å². The minimum Gasteiger partial charge on any atom is -0.367 e. The summed E-state index contributed by atoms with van der Waals surface area (Å²) < 4.78 is 13.5. The lowest BCUT2D eigenvalue weighted by Crippen LogP contribution is -2.31. The van der Waals surface area contributed by atoms with Gasteiger partial charge in [-0.05, 0) is 45.3 Å². The van der Waals surface area contributed by atoms with E-state index in [0.29, 0.717) is 12.5 Å². The maximum Gasteiger partial charge on any atom is 0.239 e. The Morgan fingerprint density at radius 2 is 2.21 bits per heavy atom. The van der Waals surface area contributed by atoms with E-state index in [9.17, 15) is 4.39 Å². The van der Waals surface area contributed by atoms with Crippen LogP contribution in [0.1, 0.15) is 19.3 Å². The molecule has 1 aliphatic heterocycles. The van der Waals surface area contributed by atoms with Crippen molar-refractivity contribution in [2.24, 2.45) is 11.8 Å². The fraction of sp³-hybridized carbons (Fsp3) is 0.667. The first kappa shape index (κ1) is 14.0. The number of nitrogens with zero attached hydrogens (tertiary/aromatic N) is 3. The van der Waals surface area contributed by atoms with Crippen LogP contribution in [0, 0.1) is 11.7 Å². The number of hydrazine groups is 1. The van der Waals surface area contributed by atoms with Crippen molar-refractivity contribution < 1.29 is 4.39 Å². The number of anilines is 2. The molecule has 0 atom stereocenters. The summed E-state index contributed by atoms with van der Waals surface area (Å²) in [5.74, 6) is 5.87. The molecule has 1 fully saturated rings. The molecule has 106 valence electrons. The van der Waals surface area contributed by atoms with Gasteiger partial charge in [-0.1, -0.05) is 0 Å². The second-order valence-electron chi connectivity index (χ2n) is 5.00. The van der Waals surface area contributed by atoms with Crippen LogP contribution in [0.2, 0.25) is 0 Å². The molecule has 1 aromatic heterocycles. The summed E-state index contributed by atoms with van der Waals surface area (Å²) in [7, 11) is 2.14. The van der Waals surface area contributed by atoms with Crippen molar-refractivity contribution in [3.8, 4) is 0 Å². The summed E-state index contributed by atoms with van der Waals surface area (Å²) in [4.78, 5) is 9.98. The smallest absolute Gasteiger partial charge is 0.239 e. The van der Waals surface area contributed by atoms with Gasteiger partial charge < -0.3 is 10.2 Å². The summed E-state index contributed by atoms with van der Waals surface area (Å²) in [6.45, 7) is 3.01. The van der Waals surface area contributed by atoms with Gasteiger partial charge in [-0.15, -0.1) is 0 Å². The molecule has 6 nitrogen and oxygen atoms in total. The van der Waals surface area contributed by atoms with E-state index in [0.717, 1.165) is 25.7 Å². The minimum absolute atomic E-state index is 0.205. The van der Waals surface area contributed by atoms with Crippen LogP contribution >= 0.6 is 0 Å². The van der Waals surface area contributed by atoms with Crippen LogP contribution in [-0.4, -0.2) is 41.5 Å². The molecule has 0 aliphatic carbocycles. The van der Waals surface area contributed by atoms with Gasteiger partial charge in [-0.2, -0.15) is 4.98 Å². The number of nitrogen functional groups attached to an aromatic ring is 1. The molecule has 2 heterocycles. The van der Waals surface area contributed by atoms with Gasteiger partial charge in [0.25, 0.3) is 0 Å². The number of rotatable bonds is 5. The molecule has 0 radical (unpaired) electrons. The zero-order chi connectivity index (χ0) is 13.7.